The maximum Gasteiger partial charge on any atom is 0.124 e. The Morgan fingerprint density at radius 3 is 2.27 bits per heavy atom. The van der Waals surface area contributed by atoms with Crippen molar-refractivity contribution in [3.8, 4) is 0 Å². The SMILES string of the molecule is N=C1SC(c2ccccc2)S1. The van der Waals surface area contributed by atoms with Gasteiger partial charge in [0.05, 0.1) is 4.58 Å². The smallest absolute Gasteiger partial charge is 0.124 e. The summed E-state index contributed by atoms with van der Waals surface area (Å²) in [5, 5.41) is 7.24. The summed E-state index contributed by atoms with van der Waals surface area (Å²) < 4.78 is 1.21. The van der Waals surface area contributed by atoms with Crippen molar-refractivity contribution in [1.82, 2.24) is 0 Å². The van der Waals surface area contributed by atoms with Crippen molar-refractivity contribution in [2.45, 2.75) is 4.58 Å². The molecule has 0 radical (unpaired) electrons. The van der Waals surface area contributed by atoms with Crippen molar-refractivity contribution >= 4 is 27.9 Å². The van der Waals surface area contributed by atoms with Crippen LogP contribution in [-0.2, 0) is 0 Å². The van der Waals surface area contributed by atoms with E-state index in [0.717, 1.165) is 4.38 Å². The van der Waals surface area contributed by atoms with Gasteiger partial charge in [0.1, 0.15) is 4.38 Å². The fraction of sp³-hybridized carbons (Fsp3) is 0.125. The summed E-state index contributed by atoms with van der Waals surface area (Å²) in [6.07, 6.45) is 0. The summed E-state index contributed by atoms with van der Waals surface area (Å²) >= 11 is 3.26. The maximum atomic E-state index is 7.24. The van der Waals surface area contributed by atoms with E-state index in [2.05, 4.69) is 12.1 Å². The molecule has 1 heterocycles. The molecule has 3 heteroatoms. The van der Waals surface area contributed by atoms with E-state index in [0.29, 0.717) is 4.58 Å². The molecule has 0 atom stereocenters. The molecular weight excluding hydrogens is 174 g/mol. The van der Waals surface area contributed by atoms with Gasteiger partial charge in [0.15, 0.2) is 0 Å². The number of hydrogen-bond donors (Lipinski definition) is 1. The summed E-state index contributed by atoms with van der Waals surface area (Å²) in [6.45, 7) is 0. The third kappa shape index (κ3) is 1.44. The van der Waals surface area contributed by atoms with Gasteiger partial charge in [-0.25, -0.2) is 0 Å². The number of nitrogens with one attached hydrogen (secondary N) is 1. The van der Waals surface area contributed by atoms with Gasteiger partial charge >= 0.3 is 0 Å². The first-order chi connectivity index (χ1) is 5.36. The molecule has 0 amide bonds. The van der Waals surface area contributed by atoms with Gasteiger partial charge in [-0.1, -0.05) is 53.9 Å². The molecule has 1 saturated heterocycles. The zero-order chi connectivity index (χ0) is 7.68. The summed E-state index contributed by atoms with van der Waals surface area (Å²) in [4.78, 5) is 0. The van der Waals surface area contributed by atoms with E-state index in [1.165, 1.54) is 5.56 Å². The van der Waals surface area contributed by atoms with E-state index in [1.54, 1.807) is 23.5 Å². The highest BCUT2D eigenvalue weighted by atomic mass is 32.3. The minimum atomic E-state index is 0.476. The number of thioether (sulfide) groups is 2. The molecule has 0 spiro atoms. The summed E-state index contributed by atoms with van der Waals surface area (Å²) in [6, 6.07) is 10.3. The highest BCUT2D eigenvalue weighted by Crippen LogP contribution is 2.52. The average molecular weight is 181 g/mol. The molecule has 11 heavy (non-hydrogen) atoms. The van der Waals surface area contributed by atoms with Crippen LogP contribution in [0.3, 0.4) is 0 Å². The number of hydrogen-bond acceptors (Lipinski definition) is 3. The van der Waals surface area contributed by atoms with Crippen molar-refractivity contribution in [1.29, 1.82) is 5.41 Å². The lowest BCUT2D eigenvalue weighted by molar-refractivity contribution is 1.38. The Morgan fingerprint density at radius 2 is 1.73 bits per heavy atom. The standard InChI is InChI=1S/C8H7NS2/c9-8-10-7(11-8)6-4-2-1-3-5-6/h1-5,7,9H. The van der Waals surface area contributed by atoms with Gasteiger partial charge in [-0.15, -0.1) is 0 Å². The largest absolute Gasteiger partial charge is 0.288 e. The van der Waals surface area contributed by atoms with Crippen LogP contribution in [0.25, 0.3) is 0 Å². The highest BCUT2D eigenvalue weighted by molar-refractivity contribution is 8.52. The Bertz CT molecular complexity index is 263. The Labute approximate surface area is 74.1 Å². The van der Waals surface area contributed by atoms with E-state index < -0.39 is 0 Å². The van der Waals surface area contributed by atoms with Crippen LogP contribution in [0, 0.1) is 5.41 Å². The van der Waals surface area contributed by atoms with Gasteiger partial charge in [-0.2, -0.15) is 0 Å². The van der Waals surface area contributed by atoms with Crippen LogP contribution < -0.4 is 0 Å². The van der Waals surface area contributed by atoms with Crippen molar-refractivity contribution < 1.29 is 0 Å². The zero-order valence-electron chi connectivity index (χ0n) is 5.78. The van der Waals surface area contributed by atoms with Crippen molar-refractivity contribution in [2.75, 3.05) is 0 Å². The fourth-order valence-corrected chi connectivity index (χ4v) is 2.81. The summed E-state index contributed by atoms with van der Waals surface area (Å²) in [5.74, 6) is 0. The monoisotopic (exact) mass is 181 g/mol. The molecule has 1 aliphatic heterocycles. The summed E-state index contributed by atoms with van der Waals surface area (Å²) in [5.41, 5.74) is 1.32. The lowest BCUT2D eigenvalue weighted by atomic mass is 10.2. The first-order valence-corrected chi connectivity index (χ1v) is 5.09. The van der Waals surface area contributed by atoms with Gasteiger partial charge in [0, 0.05) is 0 Å². The highest BCUT2D eigenvalue weighted by Gasteiger charge is 2.26. The molecule has 56 valence electrons. The van der Waals surface area contributed by atoms with Gasteiger partial charge in [-0.3, -0.25) is 5.41 Å². The van der Waals surface area contributed by atoms with Crippen LogP contribution >= 0.6 is 23.5 Å². The maximum absolute atomic E-state index is 7.24. The Balaban J connectivity index is 2.13. The van der Waals surface area contributed by atoms with Crippen LogP contribution in [0.5, 0.6) is 0 Å². The second kappa shape index (κ2) is 2.91. The minimum Gasteiger partial charge on any atom is -0.288 e. The molecule has 1 aromatic rings. The fourth-order valence-electron chi connectivity index (χ4n) is 0.950. The molecular formula is C8H7NS2. The molecule has 0 saturated carbocycles. The molecule has 1 N–H and O–H groups in total. The molecule has 0 bridgehead atoms. The molecule has 1 fully saturated rings. The van der Waals surface area contributed by atoms with Crippen LogP contribution in [0.4, 0.5) is 0 Å². The zero-order valence-corrected chi connectivity index (χ0v) is 7.41. The molecule has 0 aliphatic carbocycles. The second-order valence-electron chi connectivity index (χ2n) is 2.27. The first kappa shape index (κ1) is 7.25. The van der Waals surface area contributed by atoms with E-state index >= 15 is 0 Å². The molecule has 1 nitrogen and oxygen atoms in total. The van der Waals surface area contributed by atoms with Gasteiger partial charge in [0.2, 0.25) is 0 Å². The third-order valence-corrected chi connectivity index (χ3v) is 4.06. The van der Waals surface area contributed by atoms with Crippen molar-refractivity contribution in [3.63, 3.8) is 0 Å². The van der Waals surface area contributed by atoms with E-state index in [4.69, 9.17) is 5.41 Å². The predicted octanol–water partition coefficient (Wildman–Crippen LogP) is 3.10. The van der Waals surface area contributed by atoms with E-state index in [9.17, 15) is 0 Å². The Morgan fingerprint density at radius 1 is 1.09 bits per heavy atom. The van der Waals surface area contributed by atoms with E-state index in [-0.39, 0.29) is 0 Å². The van der Waals surface area contributed by atoms with Crippen LogP contribution in [-0.4, -0.2) is 4.38 Å². The molecule has 1 aromatic carbocycles. The third-order valence-electron chi connectivity index (χ3n) is 1.50. The topological polar surface area (TPSA) is 23.9 Å². The van der Waals surface area contributed by atoms with Gasteiger partial charge in [0.25, 0.3) is 0 Å². The molecule has 2 rings (SSSR count). The van der Waals surface area contributed by atoms with E-state index in [1.807, 2.05) is 18.2 Å². The average Bonchev–Trinajstić information content (AvgIpc) is 2.01. The minimum absolute atomic E-state index is 0.476. The van der Waals surface area contributed by atoms with Gasteiger partial charge < -0.3 is 0 Å². The van der Waals surface area contributed by atoms with Crippen molar-refractivity contribution in [2.24, 2.45) is 0 Å². The lowest BCUT2D eigenvalue weighted by Crippen LogP contribution is -2.04. The number of benzene rings is 1. The molecule has 0 aromatic heterocycles. The first-order valence-electron chi connectivity index (χ1n) is 3.33. The predicted molar refractivity (Wildman–Crippen MR) is 52.1 cm³/mol. The normalized spacial score (nSPS) is 22.9. The lowest BCUT2D eigenvalue weighted by Gasteiger charge is -2.24. The summed E-state index contributed by atoms with van der Waals surface area (Å²) in [7, 11) is 0. The van der Waals surface area contributed by atoms with Crippen LogP contribution in [0.1, 0.15) is 10.1 Å². The van der Waals surface area contributed by atoms with Crippen LogP contribution in [0.15, 0.2) is 30.3 Å². The Kier molecular flexibility index (Phi) is 1.92. The Hall–Kier alpha value is -0.410. The second-order valence-corrected chi connectivity index (χ2v) is 5.05. The molecule has 0 unspecified atom stereocenters. The number of rotatable bonds is 1. The molecule has 1 aliphatic rings. The van der Waals surface area contributed by atoms with Crippen molar-refractivity contribution in [3.05, 3.63) is 35.9 Å². The van der Waals surface area contributed by atoms with Crippen LogP contribution in [0.2, 0.25) is 0 Å². The van der Waals surface area contributed by atoms with Gasteiger partial charge in [-0.05, 0) is 5.56 Å². The quantitative estimate of drug-likeness (QED) is 0.719.